The number of nitriles is 1. The van der Waals surface area contributed by atoms with Crippen molar-refractivity contribution in [2.24, 2.45) is 0 Å². The van der Waals surface area contributed by atoms with E-state index in [1.165, 1.54) is 28.7 Å². The van der Waals surface area contributed by atoms with Gasteiger partial charge in [0.05, 0.1) is 29.9 Å². The van der Waals surface area contributed by atoms with E-state index in [0.29, 0.717) is 17.5 Å². The number of hydrogen-bond acceptors (Lipinski definition) is 8. The number of ether oxygens (including phenoxy) is 1. The lowest BCUT2D eigenvalue weighted by atomic mass is 9.88. The first kappa shape index (κ1) is 31.0. The third-order valence-electron chi connectivity index (χ3n) is 8.38. The number of carbonyl (C=O) groups excluding carboxylic acids is 1. The van der Waals surface area contributed by atoms with E-state index in [-0.39, 0.29) is 22.9 Å². The van der Waals surface area contributed by atoms with Crippen molar-refractivity contribution >= 4 is 17.6 Å². The predicted octanol–water partition coefficient (Wildman–Crippen LogP) is 4.22. The Morgan fingerprint density at radius 1 is 1.14 bits per heavy atom. The number of halogens is 3. The van der Waals surface area contributed by atoms with E-state index in [1.54, 1.807) is 25.1 Å². The number of fused-ring (bicyclic) bond motifs is 1. The summed E-state index contributed by atoms with van der Waals surface area (Å²) in [4.78, 5) is 32.9. The second-order valence-electron chi connectivity index (χ2n) is 10.9. The van der Waals surface area contributed by atoms with Gasteiger partial charge in [0.2, 0.25) is 5.95 Å². The average Bonchev–Trinajstić information content (AvgIpc) is 3.40. The minimum absolute atomic E-state index is 0.0218. The molecule has 10 nitrogen and oxygen atoms in total. The highest BCUT2D eigenvalue weighted by atomic mass is 19.4. The molecule has 1 fully saturated rings. The number of piperazine rings is 1. The first-order chi connectivity index (χ1) is 21.1. The average molecular weight is 610 g/mol. The minimum atomic E-state index is -4.61. The molecule has 1 N–H and O–H groups in total. The van der Waals surface area contributed by atoms with Crippen LogP contribution in [0.4, 0.5) is 24.8 Å². The summed E-state index contributed by atoms with van der Waals surface area (Å²) < 4.78 is 47.3. The van der Waals surface area contributed by atoms with Crippen LogP contribution in [0.1, 0.15) is 48.6 Å². The summed E-state index contributed by atoms with van der Waals surface area (Å²) in [5.41, 5.74) is 0.677. The Balaban J connectivity index is 1.58. The number of anilines is 2. The second-order valence-corrected chi connectivity index (χ2v) is 10.9. The molecule has 0 aliphatic carbocycles. The SMILES string of the molecule is CCN1CCN(CCCc2cc(C#N)ccc2[C@@H]2C(C(=O)OC)=C(C)N(c3cccc(C(F)(F)F)c3)c3n[nH]c(=O)n32)CC1. The van der Waals surface area contributed by atoms with Crippen LogP contribution >= 0.6 is 0 Å². The summed E-state index contributed by atoms with van der Waals surface area (Å²) in [6.07, 6.45) is -3.26. The highest BCUT2D eigenvalue weighted by Crippen LogP contribution is 2.43. The number of nitrogens with one attached hydrogen (secondary N) is 1. The second kappa shape index (κ2) is 12.7. The molecule has 3 heterocycles. The largest absolute Gasteiger partial charge is 0.466 e. The van der Waals surface area contributed by atoms with E-state index < -0.39 is 29.4 Å². The molecule has 1 aromatic heterocycles. The topological polar surface area (TPSA) is 110 Å². The quantitative estimate of drug-likeness (QED) is 0.378. The van der Waals surface area contributed by atoms with E-state index in [1.807, 2.05) is 0 Å². The van der Waals surface area contributed by atoms with Gasteiger partial charge in [-0.05, 0) is 74.3 Å². The number of aromatic amines is 1. The molecule has 5 rings (SSSR count). The summed E-state index contributed by atoms with van der Waals surface area (Å²) in [5, 5.41) is 16.2. The molecule has 0 bridgehead atoms. The Bertz CT molecular complexity index is 1660. The van der Waals surface area contributed by atoms with Crippen molar-refractivity contribution in [1.82, 2.24) is 24.6 Å². The van der Waals surface area contributed by atoms with Crippen LogP contribution in [-0.2, 0) is 22.1 Å². The summed E-state index contributed by atoms with van der Waals surface area (Å²) in [6, 6.07) is 10.9. The van der Waals surface area contributed by atoms with Gasteiger partial charge < -0.3 is 14.5 Å². The molecular weight excluding hydrogens is 575 g/mol. The van der Waals surface area contributed by atoms with Gasteiger partial charge in [-0.1, -0.05) is 19.1 Å². The number of hydrogen-bond donors (Lipinski definition) is 1. The molecule has 2 aliphatic heterocycles. The van der Waals surface area contributed by atoms with Gasteiger partial charge >= 0.3 is 17.8 Å². The summed E-state index contributed by atoms with van der Waals surface area (Å²) >= 11 is 0. The van der Waals surface area contributed by atoms with Gasteiger partial charge in [-0.25, -0.2) is 19.3 Å². The summed E-state index contributed by atoms with van der Waals surface area (Å²) in [5.74, 6) is -0.721. The van der Waals surface area contributed by atoms with Crippen molar-refractivity contribution in [2.45, 2.75) is 38.9 Å². The van der Waals surface area contributed by atoms with Crippen LogP contribution < -0.4 is 10.6 Å². The lowest BCUT2D eigenvalue weighted by Crippen LogP contribution is -2.46. The van der Waals surface area contributed by atoms with Gasteiger partial charge in [0.1, 0.15) is 6.04 Å². The third kappa shape index (κ3) is 6.00. The van der Waals surface area contributed by atoms with Crippen molar-refractivity contribution in [3.63, 3.8) is 0 Å². The number of aryl methyl sites for hydroxylation is 1. The lowest BCUT2D eigenvalue weighted by molar-refractivity contribution is -0.138. The number of methoxy groups -OCH3 is 1. The number of alkyl halides is 3. The van der Waals surface area contributed by atoms with Crippen LogP contribution in [0.15, 0.2) is 58.5 Å². The molecule has 3 aromatic rings. The van der Waals surface area contributed by atoms with Crippen LogP contribution in [0.3, 0.4) is 0 Å². The van der Waals surface area contributed by atoms with E-state index in [9.17, 15) is 28.0 Å². The zero-order valence-corrected chi connectivity index (χ0v) is 24.8. The Morgan fingerprint density at radius 2 is 1.86 bits per heavy atom. The number of aromatic nitrogens is 3. The van der Waals surface area contributed by atoms with Crippen LogP contribution in [0.5, 0.6) is 0 Å². The van der Waals surface area contributed by atoms with Crippen LogP contribution in [0.2, 0.25) is 0 Å². The molecule has 232 valence electrons. The Labute approximate surface area is 252 Å². The molecule has 0 saturated carbocycles. The molecule has 0 radical (unpaired) electrons. The van der Waals surface area contributed by atoms with Gasteiger partial charge in [-0.2, -0.15) is 18.4 Å². The Morgan fingerprint density at radius 3 is 2.52 bits per heavy atom. The van der Waals surface area contributed by atoms with Crippen molar-refractivity contribution in [3.05, 3.63) is 86.5 Å². The molecule has 1 atom stereocenters. The number of nitrogens with zero attached hydrogens (tertiary/aromatic N) is 6. The number of esters is 1. The monoisotopic (exact) mass is 609 g/mol. The maximum Gasteiger partial charge on any atom is 0.416 e. The van der Waals surface area contributed by atoms with Crippen molar-refractivity contribution in [1.29, 1.82) is 5.26 Å². The van der Waals surface area contributed by atoms with Gasteiger partial charge in [0, 0.05) is 37.6 Å². The van der Waals surface area contributed by atoms with E-state index in [0.717, 1.165) is 63.4 Å². The predicted molar refractivity (Wildman–Crippen MR) is 157 cm³/mol. The zero-order chi connectivity index (χ0) is 31.6. The van der Waals surface area contributed by atoms with Gasteiger partial charge in [0.15, 0.2) is 0 Å². The number of rotatable bonds is 8. The first-order valence-corrected chi connectivity index (χ1v) is 14.5. The molecule has 1 saturated heterocycles. The van der Waals surface area contributed by atoms with E-state index in [4.69, 9.17) is 4.74 Å². The fourth-order valence-corrected chi connectivity index (χ4v) is 6.06. The van der Waals surface area contributed by atoms with Crippen LogP contribution in [0.25, 0.3) is 0 Å². The molecule has 0 amide bonds. The van der Waals surface area contributed by atoms with E-state index in [2.05, 4.69) is 33.0 Å². The summed E-state index contributed by atoms with van der Waals surface area (Å²) in [6.45, 7) is 9.56. The maximum atomic E-state index is 13.6. The van der Waals surface area contributed by atoms with Crippen LogP contribution in [0, 0.1) is 11.3 Å². The van der Waals surface area contributed by atoms with Gasteiger partial charge in [0.25, 0.3) is 0 Å². The highest BCUT2D eigenvalue weighted by Gasteiger charge is 2.41. The molecular formula is C31H34F3N7O3. The lowest BCUT2D eigenvalue weighted by Gasteiger charge is -2.36. The number of H-pyrrole nitrogens is 1. The van der Waals surface area contributed by atoms with Gasteiger partial charge in [-0.15, -0.1) is 5.10 Å². The normalized spacial score (nSPS) is 17.8. The number of allylic oxidation sites excluding steroid dienone is 1. The molecule has 44 heavy (non-hydrogen) atoms. The zero-order valence-electron chi connectivity index (χ0n) is 24.8. The van der Waals surface area contributed by atoms with Crippen molar-refractivity contribution in [3.8, 4) is 6.07 Å². The molecule has 2 aliphatic rings. The maximum absolute atomic E-state index is 13.6. The Kier molecular flexibility index (Phi) is 8.94. The molecule has 0 spiro atoms. The number of likely N-dealkylation sites (N-methyl/N-ethyl adjacent to an activating group) is 1. The van der Waals surface area contributed by atoms with Gasteiger partial charge in [-0.3, -0.25) is 4.90 Å². The molecule has 2 aromatic carbocycles. The summed E-state index contributed by atoms with van der Waals surface area (Å²) in [7, 11) is 1.21. The highest BCUT2D eigenvalue weighted by molar-refractivity contribution is 5.93. The van der Waals surface area contributed by atoms with E-state index >= 15 is 0 Å². The molecule has 0 unspecified atom stereocenters. The van der Waals surface area contributed by atoms with Crippen molar-refractivity contribution in [2.75, 3.05) is 51.3 Å². The fourth-order valence-electron chi connectivity index (χ4n) is 6.06. The Hall–Kier alpha value is -4.41. The fraction of sp³-hybridized carbons (Fsp3) is 0.419. The first-order valence-electron chi connectivity index (χ1n) is 14.5. The number of carbonyl (C=O) groups is 1. The smallest absolute Gasteiger partial charge is 0.416 e. The standard InChI is InChI=1S/C31H34F3N7O3/c1-4-38-13-15-39(16-14-38)12-6-7-22-17-21(19-35)10-11-25(22)27-26(28(42)44-3)20(2)40(29-36-37-30(43)41(27)29)24-9-5-8-23(18-24)31(32,33)34/h5,8-11,17-18,27H,4,6-7,12-16H2,1-3H3,(H,37,43)/t27-/m1/s1. The minimum Gasteiger partial charge on any atom is -0.466 e. The van der Waals surface area contributed by atoms with Crippen molar-refractivity contribution < 1.29 is 22.7 Å². The number of benzene rings is 2. The third-order valence-corrected chi connectivity index (χ3v) is 8.38. The molecule has 13 heteroatoms. The van der Waals surface area contributed by atoms with Crippen LogP contribution in [-0.4, -0.2) is 76.9 Å².